The van der Waals surface area contributed by atoms with Crippen molar-refractivity contribution in [3.05, 3.63) is 35.1 Å². The third kappa shape index (κ3) is 3.08. The summed E-state index contributed by atoms with van der Waals surface area (Å²) in [6.45, 7) is 6.31. The van der Waals surface area contributed by atoms with E-state index in [0.29, 0.717) is 23.3 Å². The van der Waals surface area contributed by atoms with Gasteiger partial charge in [-0.2, -0.15) is 4.98 Å². The third-order valence-corrected chi connectivity index (χ3v) is 3.56. The van der Waals surface area contributed by atoms with Gasteiger partial charge in [-0.3, -0.25) is 4.90 Å². The van der Waals surface area contributed by atoms with Gasteiger partial charge in [-0.25, -0.2) is 4.98 Å². The van der Waals surface area contributed by atoms with Gasteiger partial charge in [0.05, 0.1) is 11.6 Å². The topological polar surface area (TPSA) is 58.3 Å². The smallest absolute Gasteiger partial charge is 0.240 e. The summed E-state index contributed by atoms with van der Waals surface area (Å²) in [4.78, 5) is 13.1. The molecule has 1 aliphatic rings. The molecule has 2 aromatic heterocycles. The second kappa shape index (κ2) is 5.76. The minimum atomic E-state index is 0.666. The molecule has 0 aromatic carbocycles. The number of piperazine rings is 1. The highest BCUT2D eigenvalue weighted by atomic mass is 35.5. The van der Waals surface area contributed by atoms with Crippen molar-refractivity contribution < 1.29 is 4.52 Å². The number of aryl methyl sites for hydroxylation is 1. The van der Waals surface area contributed by atoms with E-state index >= 15 is 0 Å². The Balaban J connectivity index is 1.55. The minimum Gasteiger partial charge on any atom is -0.354 e. The van der Waals surface area contributed by atoms with Crippen LogP contribution in [0.15, 0.2) is 22.9 Å². The van der Waals surface area contributed by atoms with E-state index in [1.54, 1.807) is 6.20 Å². The molecule has 20 heavy (non-hydrogen) atoms. The van der Waals surface area contributed by atoms with Crippen molar-refractivity contribution in [1.29, 1.82) is 0 Å². The highest BCUT2D eigenvalue weighted by Crippen LogP contribution is 2.16. The summed E-state index contributed by atoms with van der Waals surface area (Å²) >= 11 is 5.85. The monoisotopic (exact) mass is 293 g/mol. The lowest BCUT2D eigenvalue weighted by molar-refractivity contribution is 0.215. The number of hydrogen-bond acceptors (Lipinski definition) is 6. The van der Waals surface area contributed by atoms with E-state index in [-0.39, 0.29) is 0 Å². The van der Waals surface area contributed by atoms with Gasteiger partial charge in [-0.15, -0.1) is 0 Å². The molecule has 0 spiro atoms. The summed E-state index contributed by atoms with van der Waals surface area (Å²) < 4.78 is 5.15. The molecule has 7 heteroatoms. The Morgan fingerprint density at radius 1 is 1.25 bits per heavy atom. The normalized spacial score (nSPS) is 16.6. The van der Waals surface area contributed by atoms with E-state index in [0.717, 1.165) is 32.0 Å². The van der Waals surface area contributed by atoms with Gasteiger partial charge < -0.3 is 9.42 Å². The second-order valence-corrected chi connectivity index (χ2v) is 5.27. The van der Waals surface area contributed by atoms with Crippen molar-refractivity contribution in [2.75, 3.05) is 31.1 Å². The number of nitrogens with zero attached hydrogens (tertiary/aromatic N) is 5. The second-order valence-electron chi connectivity index (χ2n) is 4.83. The number of hydrogen-bond donors (Lipinski definition) is 0. The number of rotatable bonds is 3. The van der Waals surface area contributed by atoms with Gasteiger partial charge in [0, 0.05) is 32.4 Å². The Morgan fingerprint density at radius 2 is 2.05 bits per heavy atom. The Labute approximate surface area is 122 Å². The van der Waals surface area contributed by atoms with Crippen LogP contribution in [0.3, 0.4) is 0 Å². The zero-order valence-electron chi connectivity index (χ0n) is 11.3. The summed E-state index contributed by atoms with van der Waals surface area (Å²) in [7, 11) is 0. The van der Waals surface area contributed by atoms with Crippen LogP contribution in [-0.4, -0.2) is 46.2 Å². The average molecular weight is 294 g/mol. The molecule has 3 heterocycles. The van der Waals surface area contributed by atoms with E-state index in [2.05, 4.69) is 24.9 Å². The molecular formula is C13H16ClN5O. The van der Waals surface area contributed by atoms with Gasteiger partial charge in [-0.05, 0) is 19.1 Å². The van der Waals surface area contributed by atoms with Crippen LogP contribution < -0.4 is 4.90 Å². The van der Waals surface area contributed by atoms with Gasteiger partial charge in [-0.1, -0.05) is 16.8 Å². The Hall–Kier alpha value is -1.66. The first kappa shape index (κ1) is 13.3. The lowest BCUT2D eigenvalue weighted by Gasteiger charge is -2.34. The molecule has 0 radical (unpaired) electrons. The SMILES string of the molecule is Cc1noc(CN2CCN(c3ccc(Cl)cn3)CC2)n1. The largest absolute Gasteiger partial charge is 0.354 e. The number of anilines is 1. The van der Waals surface area contributed by atoms with Crippen molar-refractivity contribution >= 4 is 17.4 Å². The highest BCUT2D eigenvalue weighted by Gasteiger charge is 2.19. The van der Waals surface area contributed by atoms with Crippen molar-refractivity contribution in [2.45, 2.75) is 13.5 Å². The Kier molecular flexibility index (Phi) is 3.84. The third-order valence-electron chi connectivity index (χ3n) is 3.34. The zero-order valence-corrected chi connectivity index (χ0v) is 12.0. The molecule has 6 nitrogen and oxygen atoms in total. The van der Waals surface area contributed by atoms with Crippen LogP contribution in [0, 0.1) is 6.92 Å². The predicted octanol–water partition coefficient (Wildman–Crippen LogP) is 1.75. The van der Waals surface area contributed by atoms with Crippen LogP contribution in [0.1, 0.15) is 11.7 Å². The first-order valence-corrected chi connectivity index (χ1v) is 6.96. The minimum absolute atomic E-state index is 0.666. The first-order chi connectivity index (χ1) is 9.70. The maximum Gasteiger partial charge on any atom is 0.240 e. The van der Waals surface area contributed by atoms with Gasteiger partial charge in [0.1, 0.15) is 5.82 Å². The van der Waals surface area contributed by atoms with E-state index in [1.165, 1.54) is 0 Å². The summed E-state index contributed by atoms with van der Waals surface area (Å²) in [6, 6.07) is 3.83. The lowest BCUT2D eigenvalue weighted by atomic mass is 10.3. The van der Waals surface area contributed by atoms with E-state index in [1.807, 2.05) is 19.1 Å². The molecule has 0 aliphatic carbocycles. The maximum absolute atomic E-state index is 5.85. The fourth-order valence-electron chi connectivity index (χ4n) is 2.29. The van der Waals surface area contributed by atoms with Crippen molar-refractivity contribution in [2.24, 2.45) is 0 Å². The highest BCUT2D eigenvalue weighted by molar-refractivity contribution is 6.30. The molecular weight excluding hydrogens is 278 g/mol. The number of aromatic nitrogens is 3. The van der Waals surface area contributed by atoms with Gasteiger partial charge in [0.25, 0.3) is 0 Å². The van der Waals surface area contributed by atoms with Crippen LogP contribution in [0.5, 0.6) is 0 Å². The molecule has 1 saturated heterocycles. The lowest BCUT2D eigenvalue weighted by Crippen LogP contribution is -2.46. The molecule has 0 N–H and O–H groups in total. The summed E-state index contributed by atoms with van der Waals surface area (Å²) in [5.41, 5.74) is 0. The van der Waals surface area contributed by atoms with Gasteiger partial charge in [0.2, 0.25) is 5.89 Å². The van der Waals surface area contributed by atoms with E-state index in [9.17, 15) is 0 Å². The number of halogens is 1. The van der Waals surface area contributed by atoms with Crippen molar-refractivity contribution in [3.63, 3.8) is 0 Å². The zero-order chi connectivity index (χ0) is 13.9. The molecule has 0 amide bonds. The Morgan fingerprint density at radius 3 is 2.65 bits per heavy atom. The molecule has 1 fully saturated rings. The molecule has 0 unspecified atom stereocenters. The molecule has 3 rings (SSSR count). The first-order valence-electron chi connectivity index (χ1n) is 6.59. The van der Waals surface area contributed by atoms with Gasteiger partial charge in [0.15, 0.2) is 5.82 Å². The van der Waals surface area contributed by atoms with Crippen LogP contribution in [0.25, 0.3) is 0 Å². The molecule has 106 valence electrons. The summed E-state index contributed by atoms with van der Waals surface area (Å²) in [5, 5.41) is 4.47. The molecule has 0 saturated carbocycles. The van der Waals surface area contributed by atoms with Crippen molar-refractivity contribution in [3.8, 4) is 0 Å². The standard InChI is InChI=1S/C13H16ClN5O/c1-10-16-13(20-17-10)9-18-4-6-19(7-5-18)12-3-2-11(14)8-15-12/h2-3,8H,4-7,9H2,1H3. The van der Waals surface area contributed by atoms with Crippen LogP contribution in [0.4, 0.5) is 5.82 Å². The van der Waals surface area contributed by atoms with Crippen LogP contribution in [-0.2, 0) is 6.54 Å². The fourth-order valence-corrected chi connectivity index (χ4v) is 2.40. The fraction of sp³-hybridized carbons (Fsp3) is 0.462. The predicted molar refractivity (Wildman–Crippen MR) is 75.8 cm³/mol. The van der Waals surface area contributed by atoms with Gasteiger partial charge >= 0.3 is 0 Å². The molecule has 1 aliphatic heterocycles. The van der Waals surface area contributed by atoms with Crippen LogP contribution in [0.2, 0.25) is 5.02 Å². The summed E-state index contributed by atoms with van der Waals surface area (Å²) in [6.07, 6.45) is 1.68. The molecule has 0 atom stereocenters. The van der Waals surface area contributed by atoms with E-state index < -0.39 is 0 Å². The maximum atomic E-state index is 5.85. The summed E-state index contributed by atoms with van der Waals surface area (Å²) in [5.74, 6) is 2.34. The van der Waals surface area contributed by atoms with E-state index in [4.69, 9.17) is 16.1 Å². The average Bonchev–Trinajstić information content (AvgIpc) is 2.86. The Bertz CT molecular complexity index is 562. The van der Waals surface area contributed by atoms with Crippen LogP contribution >= 0.6 is 11.6 Å². The van der Waals surface area contributed by atoms with Crippen molar-refractivity contribution in [1.82, 2.24) is 20.0 Å². The quantitative estimate of drug-likeness (QED) is 0.859. The molecule has 2 aromatic rings. The number of pyridine rings is 1. The molecule has 0 bridgehead atoms.